The second-order valence-corrected chi connectivity index (χ2v) is 5.54. The minimum absolute atomic E-state index is 0.270. The van der Waals surface area contributed by atoms with E-state index < -0.39 is 11.5 Å². The number of alkyl halides is 2. The minimum Gasteiger partial charge on any atom is -0.380 e. The van der Waals surface area contributed by atoms with Crippen LogP contribution in [-0.2, 0) is 9.53 Å². The molecule has 6 heteroatoms. The number of hydrogen-bond acceptors (Lipinski definition) is 2. The molecule has 3 nitrogen and oxygen atoms in total. The van der Waals surface area contributed by atoms with E-state index in [0.717, 1.165) is 17.3 Å². The SMILES string of the molecule is CCCCOCCN(C(=O)C(F)Cl)c1cccc(Br)c1. The molecule has 1 atom stereocenters. The van der Waals surface area contributed by atoms with Crippen LogP contribution >= 0.6 is 27.5 Å². The average molecular weight is 367 g/mol. The molecule has 20 heavy (non-hydrogen) atoms. The third-order valence-corrected chi connectivity index (χ3v) is 3.35. The second-order valence-electron chi connectivity index (χ2n) is 4.24. The molecule has 0 aliphatic rings. The smallest absolute Gasteiger partial charge is 0.277 e. The van der Waals surface area contributed by atoms with Crippen molar-refractivity contribution in [2.75, 3.05) is 24.7 Å². The van der Waals surface area contributed by atoms with E-state index >= 15 is 0 Å². The van der Waals surface area contributed by atoms with Crippen molar-refractivity contribution in [2.24, 2.45) is 0 Å². The molecule has 1 aromatic carbocycles. The molecule has 0 heterocycles. The standard InChI is InChI=1S/C14H18BrClFNO2/c1-2-3-8-20-9-7-18(14(19)13(16)17)12-6-4-5-11(15)10-12/h4-6,10,13H,2-3,7-9H2,1H3. The highest BCUT2D eigenvalue weighted by atomic mass is 79.9. The molecule has 1 amide bonds. The highest BCUT2D eigenvalue weighted by molar-refractivity contribution is 9.10. The predicted octanol–water partition coefficient (Wildman–Crippen LogP) is 4.13. The molecule has 1 unspecified atom stereocenters. The molecule has 0 N–H and O–H groups in total. The zero-order valence-corrected chi connectivity index (χ0v) is 13.7. The van der Waals surface area contributed by atoms with Crippen molar-refractivity contribution in [3.05, 3.63) is 28.7 Å². The molecule has 0 saturated carbocycles. The number of nitrogens with zero attached hydrogens (tertiary/aromatic N) is 1. The fourth-order valence-corrected chi connectivity index (χ4v) is 2.14. The number of hydrogen-bond donors (Lipinski definition) is 0. The van der Waals surface area contributed by atoms with Crippen molar-refractivity contribution in [1.29, 1.82) is 0 Å². The Morgan fingerprint density at radius 1 is 1.50 bits per heavy atom. The van der Waals surface area contributed by atoms with Gasteiger partial charge in [0.25, 0.3) is 11.5 Å². The molecule has 1 aromatic rings. The van der Waals surface area contributed by atoms with E-state index in [0.29, 0.717) is 18.9 Å². The van der Waals surface area contributed by atoms with E-state index in [1.54, 1.807) is 18.2 Å². The fraction of sp³-hybridized carbons (Fsp3) is 0.500. The Labute approximate surface area is 132 Å². The van der Waals surface area contributed by atoms with Crippen LogP contribution in [-0.4, -0.2) is 31.3 Å². The lowest BCUT2D eigenvalue weighted by Gasteiger charge is -2.23. The van der Waals surface area contributed by atoms with Gasteiger partial charge in [-0.05, 0) is 24.6 Å². The monoisotopic (exact) mass is 365 g/mol. The van der Waals surface area contributed by atoms with Crippen molar-refractivity contribution < 1.29 is 13.9 Å². The number of halogens is 3. The fourth-order valence-electron chi connectivity index (χ4n) is 1.63. The number of carbonyl (C=O) groups is 1. The predicted molar refractivity (Wildman–Crippen MR) is 83.0 cm³/mol. The van der Waals surface area contributed by atoms with E-state index in [1.165, 1.54) is 4.90 Å². The summed E-state index contributed by atoms with van der Waals surface area (Å²) in [5.74, 6) is -0.774. The highest BCUT2D eigenvalue weighted by Gasteiger charge is 2.23. The van der Waals surface area contributed by atoms with Gasteiger partial charge in [0.2, 0.25) is 0 Å². The highest BCUT2D eigenvalue weighted by Crippen LogP contribution is 2.21. The van der Waals surface area contributed by atoms with Crippen LogP contribution in [0.4, 0.5) is 10.1 Å². The maximum atomic E-state index is 13.1. The zero-order chi connectivity index (χ0) is 15.0. The summed E-state index contributed by atoms with van der Waals surface area (Å²) >= 11 is 8.59. The molecule has 0 spiro atoms. The largest absolute Gasteiger partial charge is 0.380 e. The molecule has 0 fully saturated rings. The Hall–Kier alpha value is -0.650. The number of rotatable bonds is 8. The van der Waals surface area contributed by atoms with Gasteiger partial charge in [-0.25, -0.2) is 4.39 Å². The van der Waals surface area contributed by atoms with Crippen molar-refractivity contribution in [1.82, 2.24) is 0 Å². The average Bonchev–Trinajstić information content (AvgIpc) is 2.42. The van der Waals surface area contributed by atoms with Crippen LogP contribution in [0.5, 0.6) is 0 Å². The molecule has 0 aromatic heterocycles. The van der Waals surface area contributed by atoms with Gasteiger partial charge in [0.05, 0.1) is 6.61 Å². The zero-order valence-electron chi connectivity index (χ0n) is 11.3. The van der Waals surface area contributed by atoms with Crippen LogP contribution in [0.15, 0.2) is 28.7 Å². The van der Waals surface area contributed by atoms with Gasteiger partial charge in [0.1, 0.15) is 0 Å². The van der Waals surface area contributed by atoms with Crippen molar-refractivity contribution in [2.45, 2.75) is 25.4 Å². The van der Waals surface area contributed by atoms with E-state index in [1.807, 2.05) is 6.07 Å². The number of unbranched alkanes of at least 4 members (excludes halogenated alkanes) is 1. The summed E-state index contributed by atoms with van der Waals surface area (Å²) in [7, 11) is 0. The van der Waals surface area contributed by atoms with Crippen LogP contribution in [0.3, 0.4) is 0 Å². The van der Waals surface area contributed by atoms with Crippen LogP contribution < -0.4 is 4.90 Å². The molecular formula is C14H18BrClFNO2. The maximum absolute atomic E-state index is 13.1. The van der Waals surface area contributed by atoms with Crippen LogP contribution in [0.2, 0.25) is 0 Å². The van der Waals surface area contributed by atoms with Gasteiger partial charge in [-0.1, -0.05) is 46.9 Å². The molecule has 0 radical (unpaired) electrons. The number of anilines is 1. The van der Waals surface area contributed by atoms with Gasteiger partial charge in [-0.15, -0.1) is 0 Å². The first-order valence-corrected chi connectivity index (χ1v) is 7.72. The van der Waals surface area contributed by atoms with Gasteiger partial charge in [0.15, 0.2) is 0 Å². The number of carbonyl (C=O) groups excluding carboxylic acids is 1. The first-order valence-electron chi connectivity index (χ1n) is 6.49. The minimum atomic E-state index is -2.05. The lowest BCUT2D eigenvalue weighted by atomic mass is 10.3. The van der Waals surface area contributed by atoms with E-state index in [2.05, 4.69) is 22.9 Å². The molecule has 0 aliphatic heterocycles. The third-order valence-electron chi connectivity index (χ3n) is 2.67. The van der Waals surface area contributed by atoms with Gasteiger partial charge in [0, 0.05) is 23.3 Å². The molecule has 1 rings (SSSR count). The molecular weight excluding hydrogens is 349 g/mol. The van der Waals surface area contributed by atoms with E-state index in [4.69, 9.17) is 16.3 Å². The number of amides is 1. The molecule has 0 bridgehead atoms. The summed E-state index contributed by atoms with van der Waals surface area (Å²) in [5, 5.41) is 0. The van der Waals surface area contributed by atoms with Gasteiger partial charge in [-0.3, -0.25) is 4.79 Å². The normalized spacial score (nSPS) is 12.2. The van der Waals surface area contributed by atoms with Crippen LogP contribution in [0.25, 0.3) is 0 Å². The maximum Gasteiger partial charge on any atom is 0.277 e. The topological polar surface area (TPSA) is 29.5 Å². The summed E-state index contributed by atoms with van der Waals surface area (Å²) in [6.07, 6.45) is 2.01. The molecule has 0 saturated heterocycles. The Kier molecular flexibility index (Phi) is 8.11. The lowest BCUT2D eigenvalue weighted by molar-refractivity contribution is -0.121. The number of ether oxygens (including phenoxy) is 1. The Morgan fingerprint density at radius 3 is 2.85 bits per heavy atom. The third kappa shape index (κ3) is 5.77. The van der Waals surface area contributed by atoms with E-state index in [9.17, 15) is 9.18 Å². The quantitative estimate of drug-likeness (QED) is 0.511. The second kappa shape index (κ2) is 9.32. The Morgan fingerprint density at radius 2 is 2.25 bits per heavy atom. The summed E-state index contributed by atoms with van der Waals surface area (Å²) in [4.78, 5) is 13.1. The summed E-state index contributed by atoms with van der Waals surface area (Å²) in [6.45, 7) is 3.33. The molecule has 0 aliphatic carbocycles. The van der Waals surface area contributed by atoms with Crippen molar-refractivity contribution in [3.63, 3.8) is 0 Å². The van der Waals surface area contributed by atoms with Crippen LogP contribution in [0, 0.1) is 0 Å². The summed E-state index contributed by atoms with van der Waals surface area (Å²) in [5.41, 5.74) is -1.46. The number of benzene rings is 1. The first-order chi connectivity index (χ1) is 9.56. The summed E-state index contributed by atoms with van der Waals surface area (Å²) in [6, 6.07) is 7.08. The van der Waals surface area contributed by atoms with Crippen molar-refractivity contribution >= 4 is 39.1 Å². The Balaban J connectivity index is 2.68. The van der Waals surface area contributed by atoms with E-state index in [-0.39, 0.29) is 6.54 Å². The van der Waals surface area contributed by atoms with Gasteiger partial charge in [-0.2, -0.15) is 0 Å². The van der Waals surface area contributed by atoms with Gasteiger partial charge >= 0.3 is 0 Å². The first kappa shape index (κ1) is 17.4. The van der Waals surface area contributed by atoms with Crippen LogP contribution in [0.1, 0.15) is 19.8 Å². The summed E-state index contributed by atoms with van der Waals surface area (Å²) < 4.78 is 19.3. The van der Waals surface area contributed by atoms with Gasteiger partial charge < -0.3 is 9.64 Å². The van der Waals surface area contributed by atoms with Crippen molar-refractivity contribution in [3.8, 4) is 0 Å². The molecule has 112 valence electrons. The Bertz CT molecular complexity index is 431. The lowest BCUT2D eigenvalue weighted by Crippen LogP contribution is -2.37.